The maximum absolute atomic E-state index is 12.9. The standard InChI is InChI=1S/C18H21NO7S/c1-19-8-7-17-14-10-3-4-12(24-2)15(14)25-16(17)11(20)5-6-18(17,13(19)9-10)26-27(21,22)23/h3-4,13,16H,5-9H2,1-2H3,(H,21,22,23)/t13-,16+,17+,18-/m1/s1. The third-order valence-corrected chi connectivity index (χ3v) is 7.45. The molecule has 0 amide bonds. The molecule has 4 aliphatic rings. The molecule has 1 saturated heterocycles. The molecule has 2 aliphatic carbocycles. The highest BCUT2D eigenvalue weighted by Gasteiger charge is 2.75. The first-order valence-corrected chi connectivity index (χ1v) is 10.4. The monoisotopic (exact) mass is 395 g/mol. The van der Waals surface area contributed by atoms with Crippen molar-refractivity contribution < 1.29 is 31.4 Å². The van der Waals surface area contributed by atoms with Gasteiger partial charge in [-0.25, -0.2) is 4.18 Å². The summed E-state index contributed by atoms with van der Waals surface area (Å²) < 4.78 is 50.5. The van der Waals surface area contributed by atoms with Crippen LogP contribution >= 0.6 is 0 Å². The molecule has 1 aromatic rings. The molecule has 4 atom stereocenters. The van der Waals surface area contributed by atoms with Crippen LogP contribution in [0, 0.1) is 0 Å². The van der Waals surface area contributed by atoms with Gasteiger partial charge >= 0.3 is 10.4 Å². The number of likely N-dealkylation sites (tertiary alicyclic amines) is 1. The maximum Gasteiger partial charge on any atom is 0.397 e. The number of carbonyl (C=O) groups excluding carboxylic acids is 1. The predicted molar refractivity (Wildman–Crippen MR) is 93.4 cm³/mol. The zero-order chi connectivity index (χ0) is 19.2. The van der Waals surface area contributed by atoms with Gasteiger partial charge in [0.1, 0.15) is 5.60 Å². The first kappa shape index (κ1) is 17.4. The van der Waals surface area contributed by atoms with Crippen LogP contribution in [0.4, 0.5) is 0 Å². The smallest absolute Gasteiger partial charge is 0.397 e. The lowest BCUT2D eigenvalue weighted by molar-refractivity contribution is -0.174. The van der Waals surface area contributed by atoms with E-state index in [4.69, 9.17) is 13.7 Å². The van der Waals surface area contributed by atoms with Gasteiger partial charge in [-0.1, -0.05) is 6.07 Å². The molecule has 8 nitrogen and oxygen atoms in total. The molecule has 5 rings (SSSR count). The number of Topliss-reactive ketones (excluding diaryl/α,β-unsaturated/α-hetero) is 1. The van der Waals surface area contributed by atoms with E-state index in [1.807, 2.05) is 19.2 Å². The lowest BCUT2D eigenvalue weighted by atomic mass is 9.49. The quantitative estimate of drug-likeness (QED) is 0.753. The molecule has 0 unspecified atom stereocenters. The number of ketones is 1. The van der Waals surface area contributed by atoms with E-state index in [1.54, 1.807) is 0 Å². The third kappa shape index (κ3) is 1.98. The molecule has 1 N–H and O–H groups in total. The summed E-state index contributed by atoms with van der Waals surface area (Å²) in [4.78, 5) is 14.9. The Hall–Kier alpha value is -1.68. The van der Waals surface area contributed by atoms with Crippen molar-refractivity contribution >= 4 is 16.2 Å². The second-order valence-corrected chi connectivity index (χ2v) is 8.94. The van der Waals surface area contributed by atoms with Gasteiger partial charge in [0, 0.05) is 18.0 Å². The molecule has 9 heteroatoms. The number of hydrogen-bond donors (Lipinski definition) is 1. The highest BCUT2D eigenvalue weighted by Crippen LogP contribution is 2.66. The average Bonchev–Trinajstić information content (AvgIpc) is 2.95. The van der Waals surface area contributed by atoms with E-state index in [0.29, 0.717) is 30.9 Å². The molecule has 2 heterocycles. The summed E-state index contributed by atoms with van der Waals surface area (Å²) in [5.74, 6) is 0.948. The molecule has 1 saturated carbocycles. The van der Waals surface area contributed by atoms with Crippen molar-refractivity contribution in [1.29, 1.82) is 0 Å². The molecule has 0 radical (unpaired) electrons. The summed E-state index contributed by atoms with van der Waals surface area (Å²) in [6, 6.07) is 3.48. The van der Waals surface area contributed by atoms with Crippen molar-refractivity contribution in [3.05, 3.63) is 23.3 Å². The Morgan fingerprint density at radius 1 is 1.33 bits per heavy atom. The zero-order valence-electron chi connectivity index (χ0n) is 15.1. The number of benzene rings is 1. The van der Waals surface area contributed by atoms with Crippen molar-refractivity contribution in [2.45, 2.75) is 48.8 Å². The summed E-state index contributed by atoms with van der Waals surface area (Å²) in [6.45, 7) is 0.671. The van der Waals surface area contributed by atoms with Crippen LogP contribution in [0.5, 0.6) is 11.5 Å². The average molecular weight is 395 g/mol. The molecule has 27 heavy (non-hydrogen) atoms. The SMILES string of the molecule is COc1ccc2c3c1O[C@H]1C(=O)CC[C@@]4(OS(=O)(=O)O)[C@@H](C2)N(C)CC[C@]314. The Labute approximate surface area is 157 Å². The van der Waals surface area contributed by atoms with Gasteiger partial charge in [0.2, 0.25) is 0 Å². The summed E-state index contributed by atoms with van der Waals surface area (Å²) in [5, 5.41) is 0. The van der Waals surface area contributed by atoms with E-state index in [-0.39, 0.29) is 24.7 Å². The number of ether oxygens (including phenoxy) is 2. The van der Waals surface area contributed by atoms with Gasteiger partial charge in [-0.3, -0.25) is 9.35 Å². The third-order valence-electron chi connectivity index (χ3n) is 6.94. The first-order valence-electron chi connectivity index (χ1n) is 9.01. The first-order chi connectivity index (χ1) is 12.7. The number of rotatable bonds is 3. The van der Waals surface area contributed by atoms with Gasteiger partial charge in [0.05, 0.1) is 12.5 Å². The molecule has 2 fully saturated rings. The fourth-order valence-corrected chi connectivity index (χ4v) is 6.73. The van der Waals surface area contributed by atoms with Crippen molar-refractivity contribution in [2.75, 3.05) is 20.7 Å². The normalized spacial score (nSPS) is 36.9. The minimum Gasteiger partial charge on any atom is -0.493 e. The van der Waals surface area contributed by atoms with E-state index in [1.165, 1.54) is 7.11 Å². The number of methoxy groups -OCH3 is 1. The van der Waals surface area contributed by atoms with Gasteiger partial charge in [0.25, 0.3) is 0 Å². The summed E-state index contributed by atoms with van der Waals surface area (Å²) in [7, 11) is -1.28. The number of carbonyl (C=O) groups is 1. The minimum absolute atomic E-state index is 0.0704. The summed E-state index contributed by atoms with van der Waals surface area (Å²) >= 11 is 0. The van der Waals surface area contributed by atoms with Crippen LogP contribution in [-0.2, 0) is 31.2 Å². The van der Waals surface area contributed by atoms with Crippen LogP contribution in [0.15, 0.2) is 12.1 Å². The molecule has 0 aromatic heterocycles. The van der Waals surface area contributed by atoms with Crippen molar-refractivity contribution in [3.8, 4) is 11.5 Å². The zero-order valence-corrected chi connectivity index (χ0v) is 15.9. The fraction of sp³-hybridized carbons (Fsp3) is 0.611. The van der Waals surface area contributed by atoms with Crippen LogP contribution in [0.2, 0.25) is 0 Å². The predicted octanol–water partition coefficient (Wildman–Crippen LogP) is 0.875. The lowest BCUT2D eigenvalue weighted by Crippen LogP contribution is -2.77. The maximum atomic E-state index is 12.9. The molecule has 1 spiro atoms. The molecule has 2 bridgehead atoms. The minimum atomic E-state index is -4.73. The van der Waals surface area contributed by atoms with Gasteiger partial charge in [-0.2, -0.15) is 8.42 Å². The van der Waals surface area contributed by atoms with E-state index in [9.17, 15) is 17.8 Å². The Balaban J connectivity index is 1.86. The van der Waals surface area contributed by atoms with Crippen LogP contribution in [0.1, 0.15) is 30.4 Å². The van der Waals surface area contributed by atoms with E-state index >= 15 is 0 Å². The Bertz CT molecular complexity index is 961. The summed E-state index contributed by atoms with van der Waals surface area (Å²) in [6.07, 6.45) is 0.562. The largest absolute Gasteiger partial charge is 0.493 e. The number of piperidine rings is 1. The molecular formula is C18H21NO7S. The van der Waals surface area contributed by atoms with Crippen molar-refractivity contribution in [2.24, 2.45) is 0 Å². The van der Waals surface area contributed by atoms with Crippen LogP contribution < -0.4 is 9.47 Å². The van der Waals surface area contributed by atoms with E-state index in [0.717, 1.165) is 11.1 Å². The van der Waals surface area contributed by atoms with Crippen LogP contribution in [0.25, 0.3) is 0 Å². The second kappa shape index (κ2) is 5.22. The van der Waals surface area contributed by atoms with Gasteiger partial charge < -0.3 is 14.4 Å². The number of nitrogens with zero attached hydrogens (tertiary/aromatic N) is 1. The fourth-order valence-electron chi connectivity index (χ4n) is 6.01. The van der Waals surface area contributed by atoms with Crippen LogP contribution in [-0.4, -0.2) is 62.1 Å². The summed E-state index contributed by atoms with van der Waals surface area (Å²) in [5.41, 5.74) is -0.384. The van der Waals surface area contributed by atoms with Gasteiger partial charge in [-0.05, 0) is 44.5 Å². The molecule has 146 valence electrons. The van der Waals surface area contributed by atoms with E-state index in [2.05, 4.69) is 4.90 Å². The Kier molecular flexibility index (Phi) is 3.37. The Morgan fingerprint density at radius 2 is 2.11 bits per heavy atom. The van der Waals surface area contributed by atoms with Crippen molar-refractivity contribution in [3.63, 3.8) is 0 Å². The second-order valence-electron chi connectivity index (χ2n) is 7.92. The Morgan fingerprint density at radius 3 is 2.81 bits per heavy atom. The van der Waals surface area contributed by atoms with Gasteiger partial charge in [0.15, 0.2) is 23.4 Å². The molecular weight excluding hydrogens is 374 g/mol. The lowest BCUT2D eigenvalue weighted by Gasteiger charge is -2.62. The van der Waals surface area contributed by atoms with E-state index < -0.39 is 27.5 Å². The van der Waals surface area contributed by atoms with Crippen molar-refractivity contribution in [1.82, 2.24) is 4.90 Å². The van der Waals surface area contributed by atoms with Crippen LogP contribution in [0.3, 0.4) is 0 Å². The number of likely N-dealkylation sites (N-methyl/N-ethyl adjacent to an activating group) is 1. The highest BCUT2D eigenvalue weighted by atomic mass is 32.3. The molecule has 1 aromatic carbocycles. The highest BCUT2D eigenvalue weighted by molar-refractivity contribution is 7.80. The number of hydrogen-bond acceptors (Lipinski definition) is 7. The molecule has 2 aliphatic heterocycles. The topological polar surface area (TPSA) is 102 Å². The van der Waals surface area contributed by atoms with Gasteiger partial charge in [-0.15, -0.1) is 0 Å².